The van der Waals surface area contributed by atoms with Crippen LogP contribution in [0.2, 0.25) is 0 Å². The first kappa shape index (κ1) is 18.4. The fraction of sp³-hybridized carbons (Fsp3) is 0.444. The molecule has 6 heteroatoms. The van der Waals surface area contributed by atoms with E-state index in [4.69, 9.17) is 5.11 Å². The van der Waals surface area contributed by atoms with Crippen molar-refractivity contribution in [2.24, 2.45) is 0 Å². The van der Waals surface area contributed by atoms with E-state index in [2.05, 4.69) is 36.4 Å². The molecule has 0 atom stereocenters. The Hall–Kier alpha value is -1.92. The molecule has 0 radical (unpaired) electrons. The molecule has 0 bridgehead atoms. The number of thiazole rings is 1. The fourth-order valence-electron chi connectivity index (χ4n) is 2.10. The molecule has 0 spiro atoms. The van der Waals surface area contributed by atoms with Gasteiger partial charge in [-0.25, -0.2) is 9.78 Å². The highest BCUT2D eigenvalue weighted by molar-refractivity contribution is 7.09. The second-order valence-electron chi connectivity index (χ2n) is 6.73. The zero-order valence-corrected chi connectivity index (χ0v) is 15.2. The smallest absolute Gasteiger partial charge is 0.315 e. The normalized spacial score (nSPS) is 11.3. The average molecular weight is 347 g/mol. The van der Waals surface area contributed by atoms with Gasteiger partial charge in [0.2, 0.25) is 0 Å². The van der Waals surface area contributed by atoms with Gasteiger partial charge in [-0.15, -0.1) is 11.3 Å². The summed E-state index contributed by atoms with van der Waals surface area (Å²) in [5.41, 5.74) is 2.94. The Morgan fingerprint density at radius 2 is 1.83 bits per heavy atom. The first-order chi connectivity index (χ1) is 11.4. The molecular formula is C18H25N3O2S. The molecule has 0 aliphatic heterocycles. The minimum atomic E-state index is -0.188. The lowest BCUT2D eigenvalue weighted by atomic mass is 9.98. The first-order valence-electron chi connectivity index (χ1n) is 8.04. The topological polar surface area (TPSA) is 74.2 Å². The molecule has 0 unspecified atom stereocenters. The van der Waals surface area contributed by atoms with Gasteiger partial charge >= 0.3 is 6.03 Å². The van der Waals surface area contributed by atoms with E-state index < -0.39 is 0 Å². The second-order valence-corrected chi connectivity index (χ2v) is 7.59. The third kappa shape index (κ3) is 5.62. The Labute approximate surface area is 147 Å². The number of rotatable bonds is 6. The molecular weight excluding hydrogens is 322 g/mol. The standard InChI is InChI=1S/C18H25N3O2S/c1-18(2,3)16-21-15(12-24-16)10-20-17(23)19-9-8-13-4-6-14(11-22)7-5-13/h4-7,12,22H,8-11H2,1-3H3,(H2,19,20,23). The summed E-state index contributed by atoms with van der Waals surface area (Å²) in [6.45, 7) is 7.43. The zero-order valence-electron chi connectivity index (χ0n) is 14.4. The summed E-state index contributed by atoms with van der Waals surface area (Å²) in [4.78, 5) is 16.4. The van der Waals surface area contributed by atoms with Crippen molar-refractivity contribution in [1.82, 2.24) is 15.6 Å². The zero-order chi connectivity index (χ0) is 17.6. The van der Waals surface area contributed by atoms with Crippen LogP contribution in [0.3, 0.4) is 0 Å². The molecule has 2 amide bonds. The number of benzene rings is 1. The maximum Gasteiger partial charge on any atom is 0.315 e. The van der Waals surface area contributed by atoms with Gasteiger partial charge in [0, 0.05) is 17.3 Å². The van der Waals surface area contributed by atoms with Crippen LogP contribution >= 0.6 is 11.3 Å². The highest BCUT2D eigenvalue weighted by Crippen LogP contribution is 2.25. The van der Waals surface area contributed by atoms with Gasteiger partial charge in [-0.05, 0) is 17.5 Å². The predicted molar refractivity (Wildman–Crippen MR) is 97.1 cm³/mol. The monoisotopic (exact) mass is 347 g/mol. The number of carbonyl (C=O) groups excluding carboxylic acids is 1. The first-order valence-corrected chi connectivity index (χ1v) is 8.91. The highest BCUT2D eigenvalue weighted by Gasteiger charge is 2.17. The van der Waals surface area contributed by atoms with E-state index in [1.54, 1.807) is 11.3 Å². The van der Waals surface area contributed by atoms with Crippen molar-refractivity contribution < 1.29 is 9.90 Å². The molecule has 2 aromatic rings. The summed E-state index contributed by atoms with van der Waals surface area (Å²) >= 11 is 1.63. The second kappa shape index (κ2) is 8.26. The minimum absolute atomic E-state index is 0.0384. The predicted octanol–water partition coefficient (Wildman–Crippen LogP) is 2.97. The van der Waals surface area contributed by atoms with Gasteiger partial charge in [-0.3, -0.25) is 0 Å². The Morgan fingerprint density at radius 1 is 1.17 bits per heavy atom. The maximum atomic E-state index is 11.8. The summed E-state index contributed by atoms with van der Waals surface area (Å²) in [6.07, 6.45) is 0.754. The summed E-state index contributed by atoms with van der Waals surface area (Å²) in [6, 6.07) is 7.53. The number of hydrogen-bond acceptors (Lipinski definition) is 4. The number of nitrogens with one attached hydrogen (secondary N) is 2. The van der Waals surface area contributed by atoms with Gasteiger partial charge in [0.1, 0.15) is 0 Å². The lowest BCUT2D eigenvalue weighted by Gasteiger charge is -2.13. The lowest BCUT2D eigenvalue weighted by molar-refractivity contribution is 0.240. The van der Waals surface area contributed by atoms with Crippen molar-refractivity contribution in [2.45, 2.75) is 45.8 Å². The van der Waals surface area contributed by atoms with Gasteiger partial charge in [0.05, 0.1) is 23.9 Å². The Balaban J connectivity index is 1.70. The fourth-order valence-corrected chi connectivity index (χ4v) is 3.00. The Kier molecular flexibility index (Phi) is 6.34. The van der Waals surface area contributed by atoms with Crippen LogP contribution in [-0.4, -0.2) is 22.7 Å². The highest BCUT2D eigenvalue weighted by atomic mass is 32.1. The minimum Gasteiger partial charge on any atom is -0.392 e. The number of carbonyl (C=O) groups is 1. The number of hydrogen-bond donors (Lipinski definition) is 3. The molecule has 130 valence electrons. The molecule has 24 heavy (non-hydrogen) atoms. The third-order valence-electron chi connectivity index (χ3n) is 3.53. The molecule has 1 heterocycles. The van der Waals surface area contributed by atoms with Gasteiger partial charge < -0.3 is 15.7 Å². The summed E-state index contributed by atoms with van der Waals surface area (Å²) in [7, 11) is 0. The molecule has 2 rings (SSSR count). The summed E-state index contributed by atoms with van der Waals surface area (Å²) in [5, 5.41) is 17.7. The Bertz CT molecular complexity index is 660. The van der Waals surface area contributed by atoms with Crippen LogP contribution in [0, 0.1) is 0 Å². The Morgan fingerprint density at radius 3 is 2.42 bits per heavy atom. The van der Waals surface area contributed by atoms with Crippen molar-refractivity contribution in [3.8, 4) is 0 Å². The van der Waals surface area contributed by atoms with E-state index in [1.165, 1.54) is 0 Å². The molecule has 3 N–H and O–H groups in total. The van der Waals surface area contributed by atoms with Gasteiger partial charge in [-0.2, -0.15) is 0 Å². The maximum absolute atomic E-state index is 11.8. The average Bonchev–Trinajstić information content (AvgIpc) is 3.03. The molecule has 0 saturated carbocycles. The van der Waals surface area contributed by atoms with E-state index >= 15 is 0 Å². The van der Waals surface area contributed by atoms with E-state index in [0.29, 0.717) is 13.1 Å². The van der Waals surface area contributed by atoms with E-state index in [0.717, 1.165) is 28.2 Å². The van der Waals surface area contributed by atoms with Crippen molar-refractivity contribution in [3.05, 3.63) is 51.5 Å². The van der Waals surface area contributed by atoms with Crippen LogP contribution in [0.4, 0.5) is 4.79 Å². The number of urea groups is 1. The van der Waals surface area contributed by atoms with Crippen LogP contribution in [0.25, 0.3) is 0 Å². The SMILES string of the molecule is CC(C)(C)c1nc(CNC(=O)NCCc2ccc(CO)cc2)cs1. The molecule has 0 saturated heterocycles. The van der Waals surface area contributed by atoms with Crippen LogP contribution in [0.15, 0.2) is 29.6 Å². The molecule has 0 aliphatic carbocycles. The number of nitrogens with zero attached hydrogens (tertiary/aromatic N) is 1. The number of aliphatic hydroxyl groups is 1. The van der Waals surface area contributed by atoms with Gasteiger partial charge in [0.25, 0.3) is 0 Å². The third-order valence-corrected chi connectivity index (χ3v) is 4.85. The summed E-state index contributed by atoms with van der Waals surface area (Å²) in [5.74, 6) is 0. The van der Waals surface area contributed by atoms with E-state index in [9.17, 15) is 4.79 Å². The van der Waals surface area contributed by atoms with Gasteiger partial charge in [-0.1, -0.05) is 45.0 Å². The molecule has 1 aromatic heterocycles. The largest absolute Gasteiger partial charge is 0.392 e. The van der Waals surface area contributed by atoms with Crippen LogP contribution in [0.1, 0.15) is 42.6 Å². The molecule has 0 fully saturated rings. The van der Waals surface area contributed by atoms with Crippen molar-refractivity contribution in [1.29, 1.82) is 0 Å². The van der Waals surface area contributed by atoms with Crippen LogP contribution < -0.4 is 10.6 Å². The summed E-state index contributed by atoms with van der Waals surface area (Å²) < 4.78 is 0. The number of aliphatic hydroxyl groups excluding tert-OH is 1. The number of aromatic nitrogens is 1. The number of amides is 2. The quantitative estimate of drug-likeness (QED) is 0.752. The van der Waals surface area contributed by atoms with Crippen LogP contribution in [0.5, 0.6) is 0 Å². The van der Waals surface area contributed by atoms with Crippen molar-refractivity contribution >= 4 is 17.4 Å². The van der Waals surface area contributed by atoms with Crippen LogP contribution in [-0.2, 0) is 25.0 Å². The van der Waals surface area contributed by atoms with E-state index in [-0.39, 0.29) is 18.1 Å². The van der Waals surface area contributed by atoms with Gasteiger partial charge in [0.15, 0.2) is 0 Å². The lowest BCUT2D eigenvalue weighted by Crippen LogP contribution is -2.36. The molecule has 5 nitrogen and oxygen atoms in total. The van der Waals surface area contributed by atoms with Crippen molar-refractivity contribution in [2.75, 3.05) is 6.54 Å². The molecule has 0 aliphatic rings. The van der Waals surface area contributed by atoms with Crippen molar-refractivity contribution in [3.63, 3.8) is 0 Å². The molecule has 1 aromatic carbocycles. The van der Waals surface area contributed by atoms with E-state index in [1.807, 2.05) is 29.6 Å².